The minimum atomic E-state index is -1.59. The van der Waals surface area contributed by atoms with Crippen LogP contribution in [0, 0.1) is 23.2 Å². The second-order valence-corrected chi connectivity index (χ2v) is 15.1. The Kier molecular flexibility index (Phi) is 14.4. The van der Waals surface area contributed by atoms with Gasteiger partial charge in [-0.25, -0.2) is 15.0 Å². The summed E-state index contributed by atoms with van der Waals surface area (Å²) in [5.74, 6) is 0.114. The maximum atomic E-state index is 14.2. The Hall–Kier alpha value is -3.48. The van der Waals surface area contributed by atoms with Crippen molar-refractivity contribution in [3.05, 3.63) is 63.2 Å². The van der Waals surface area contributed by atoms with Gasteiger partial charge in [0.1, 0.15) is 0 Å². The molecule has 2 aromatic rings. The number of anilines is 1. The largest absolute Gasteiger partial charge is 0.367 e. The van der Waals surface area contributed by atoms with Gasteiger partial charge < -0.3 is 10.0 Å². The number of aliphatic hydroxyl groups is 1. The molecule has 1 aromatic carbocycles. The molecule has 0 radical (unpaired) electrons. The summed E-state index contributed by atoms with van der Waals surface area (Å²) in [6.45, 7) is 19.0. The van der Waals surface area contributed by atoms with Gasteiger partial charge >= 0.3 is 0 Å². The highest BCUT2D eigenvalue weighted by Gasteiger charge is 2.40. The topological polar surface area (TPSA) is 101 Å². The lowest BCUT2D eigenvalue weighted by molar-refractivity contribution is -0.155. The Morgan fingerprint density at radius 3 is 2.10 bits per heavy atom. The fraction of sp³-hybridized carbons (Fsp3) is 0.590. The SMILES string of the molecule is CCCCC(CC)CN(CC(CC)CCCC)c1nc(C(C)(C)C)c(/C=C2\C(=O)N(N(C)C(=O)c3ccccc3)C(O)C(C#N)=C2C)s1. The summed E-state index contributed by atoms with van der Waals surface area (Å²) in [6, 6.07) is 10.7. The molecule has 262 valence electrons. The van der Waals surface area contributed by atoms with E-state index < -0.39 is 18.0 Å². The van der Waals surface area contributed by atoms with Gasteiger partial charge in [-0.2, -0.15) is 5.26 Å². The minimum absolute atomic E-state index is 0.0284. The molecule has 0 saturated carbocycles. The van der Waals surface area contributed by atoms with Gasteiger partial charge in [0, 0.05) is 36.7 Å². The summed E-state index contributed by atoms with van der Waals surface area (Å²) < 4.78 is 0. The van der Waals surface area contributed by atoms with Crippen molar-refractivity contribution in [1.29, 1.82) is 5.26 Å². The maximum Gasteiger partial charge on any atom is 0.275 e. The van der Waals surface area contributed by atoms with Crippen molar-refractivity contribution in [3.8, 4) is 6.07 Å². The fourth-order valence-corrected chi connectivity index (χ4v) is 7.48. The van der Waals surface area contributed by atoms with E-state index in [1.54, 1.807) is 48.6 Å². The van der Waals surface area contributed by atoms with Gasteiger partial charge in [-0.1, -0.05) is 117 Å². The molecular weight excluding hydrogens is 619 g/mol. The maximum absolute atomic E-state index is 14.2. The molecule has 0 aliphatic carbocycles. The summed E-state index contributed by atoms with van der Waals surface area (Å²) in [5, 5.41) is 24.3. The molecule has 0 saturated heterocycles. The molecule has 2 amide bonds. The highest BCUT2D eigenvalue weighted by molar-refractivity contribution is 7.16. The van der Waals surface area contributed by atoms with Crippen LogP contribution >= 0.6 is 11.3 Å². The van der Waals surface area contributed by atoms with E-state index in [2.05, 4.69) is 59.4 Å². The average Bonchev–Trinajstić information content (AvgIpc) is 3.51. The predicted octanol–water partition coefficient (Wildman–Crippen LogP) is 8.75. The molecule has 0 spiro atoms. The van der Waals surface area contributed by atoms with Gasteiger partial charge in [-0.05, 0) is 55.4 Å². The molecule has 2 heterocycles. The van der Waals surface area contributed by atoms with Crippen molar-refractivity contribution in [3.63, 3.8) is 0 Å². The molecule has 1 aliphatic rings. The number of nitrogens with zero attached hydrogens (tertiary/aromatic N) is 5. The van der Waals surface area contributed by atoms with Gasteiger partial charge in [0.15, 0.2) is 11.4 Å². The van der Waals surface area contributed by atoms with E-state index in [9.17, 15) is 20.0 Å². The Balaban J connectivity index is 2.15. The molecule has 3 unspecified atom stereocenters. The van der Waals surface area contributed by atoms with E-state index in [0.717, 1.165) is 51.7 Å². The number of thiazole rings is 1. The molecule has 8 nitrogen and oxygen atoms in total. The minimum Gasteiger partial charge on any atom is -0.367 e. The number of aromatic nitrogens is 1. The summed E-state index contributed by atoms with van der Waals surface area (Å²) in [7, 11) is 1.44. The average molecular weight is 676 g/mol. The number of hydrogen-bond donors (Lipinski definition) is 1. The second kappa shape index (κ2) is 17.8. The summed E-state index contributed by atoms with van der Waals surface area (Å²) in [5.41, 5.74) is 1.62. The van der Waals surface area contributed by atoms with E-state index in [1.165, 1.54) is 45.6 Å². The number of benzene rings is 1. The Morgan fingerprint density at radius 2 is 1.62 bits per heavy atom. The molecular formula is C39H57N5O3S. The Labute approximate surface area is 293 Å². The van der Waals surface area contributed by atoms with E-state index in [4.69, 9.17) is 4.98 Å². The van der Waals surface area contributed by atoms with Crippen LogP contribution in [0.15, 0.2) is 47.1 Å². The molecule has 1 N–H and O–H groups in total. The molecule has 1 aliphatic heterocycles. The third-order valence-electron chi connectivity index (χ3n) is 9.44. The number of carbonyl (C=O) groups excluding carboxylic acids is 2. The molecule has 0 bridgehead atoms. The van der Waals surface area contributed by atoms with Crippen molar-refractivity contribution >= 4 is 34.4 Å². The first kappa shape index (κ1) is 39.0. The molecule has 3 atom stereocenters. The molecule has 0 fully saturated rings. The zero-order valence-corrected chi connectivity index (χ0v) is 31.5. The monoisotopic (exact) mass is 675 g/mol. The van der Waals surface area contributed by atoms with E-state index in [-0.39, 0.29) is 16.6 Å². The number of nitriles is 1. The first-order valence-corrected chi connectivity index (χ1v) is 18.6. The van der Waals surface area contributed by atoms with Crippen LogP contribution < -0.4 is 4.90 Å². The van der Waals surface area contributed by atoms with Crippen LogP contribution in [-0.4, -0.2) is 58.3 Å². The van der Waals surface area contributed by atoms with Gasteiger partial charge in [-0.15, -0.1) is 0 Å². The number of hydrogen-bond acceptors (Lipinski definition) is 7. The van der Waals surface area contributed by atoms with Crippen molar-refractivity contribution in [2.24, 2.45) is 11.8 Å². The van der Waals surface area contributed by atoms with Crippen molar-refractivity contribution in [2.45, 2.75) is 118 Å². The summed E-state index contributed by atoms with van der Waals surface area (Å²) in [6.07, 6.45) is 9.60. The number of aliphatic hydroxyl groups excluding tert-OH is 1. The standard InChI is InChI=1S/C39H57N5O3S/c1-10-14-19-28(12-3)25-43(26-29(13-4)20-15-11-2)38-41-34(39(6,7)8)33(48-38)23-31-27(5)32(24-40)37(47)44(36(31)46)42(9)35(45)30-21-17-16-18-22-30/h16-18,21-23,28-29,37,47H,10-15,19-20,25-26H2,1-9H3/b31-23-. The summed E-state index contributed by atoms with van der Waals surface area (Å²) in [4.78, 5) is 36.2. The third-order valence-corrected chi connectivity index (χ3v) is 10.5. The van der Waals surface area contributed by atoms with E-state index >= 15 is 0 Å². The quantitative estimate of drug-likeness (QED) is 0.179. The smallest absolute Gasteiger partial charge is 0.275 e. The van der Waals surface area contributed by atoms with Crippen LogP contribution in [0.3, 0.4) is 0 Å². The molecule has 48 heavy (non-hydrogen) atoms. The molecule has 9 heteroatoms. The Morgan fingerprint density at radius 1 is 1.06 bits per heavy atom. The van der Waals surface area contributed by atoms with Gasteiger partial charge in [-0.3, -0.25) is 9.59 Å². The number of hydrazine groups is 1. The number of rotatable bonds is 16. The van der Waals surface area contributed by atoms with Crippen LogP contribution in [-0.2, 0) is 10.2 Å². The number of unbranched alkanes of at least 4 members (excludes halogenated alkanes) is 2. The van der Waals surface area contributed by atoms with Crippen LogP contribution in [0.4, 0.5) is 5.13 Å². The fourth-order valence-electron chi connectivity index (χ4n) is 6.24. The van der Waals surface area contributed by atoms with Crippen molar-refractivity contribution < 1.29 is 14.7 Å². The zero-order chi connectivity index (χ0) is 35.6. The lowest BCUT2D eigenvalue weighted by Gasteiger charge is -2.39. The lowest BCUT2D eigenvalue weighted by Crippen LogP contribution is -2.56. The van der Waals surface area contributed by atoms with E-state index in [0.29, 0.717) is 23.0 Å². The van der Waals surface area contributed by atoms with Crippen LogP contribution in [0.25, 0.3) is 6.08 Å². The highest BCUT2D eigenvalue weighted by atomic mass is 32.1. The van der Waals surface area contributed by atoms with Gasteiger partial charge in [0.25, 0.3) is 11.8 Å². The van der Waals surface area contributed by atoms with Crippen LogP contribution in [0.5, 0.6) is 0 Å². The van der Waals surface area contributed by atoms with E-state index in [1.807, 2.05) is 6.08 Å². The van der Waals surface area contributed by atoms with Gasteiger partial charge in [0.05, 0.1) is 22.2 Å². The first-order valence-electron chi connectivity index (χ1n) is 17.8. The highest BCUT2D eigenvalue weighted by Crippen LogP contribution is 2.39. The van der Waals surface area contributed by atoms with Crippen molar-refractivity contribution in [2.75, 3.05) is 25.0 Å². The van der Waals surface area contributed by atoms with Gasteiger partial charge in [0.2, 0.25) is 0 Å². The molecule has 1 aromatic heterocycles. The second-order valence-electron chi connectivity index (χ2n) is 14.1. The van der Waals surface area contributed by atoms with Crippen LogP contribution in [0.2, 0.25) is 0 Å². The molecule has 3 rings (SSSR count). The Bertz CT molecular complexity index is 1460. The predicted molar refractivity (Wildman–Crippen MR) is 197 cm³/mol. The normalized spacial score (nSPS) is 17.4. The number of carbonyl (C=O) groups is 2. The first-order chi connectivity index (χ1) is 22.8. The van der Waals surface area contributed by atoms with Crippen LogP contribution in [0.1, 0.15) is 128 Å². The summed E-state index contributed by atoms with van der Waals surface area (Å²) >= 11 is 1.59. The zero-order valence-electron chi connectivity index (χ0n) is 30.7. The lowest BCUT2D eigenvalue weighted by atomic mass is 9.89. The van der Waals surface area contributed by atoms with Crippen molar-refractivity contribution in [1.82, 2.24) is 15.0 Å². The third kappa shape index (κ3) is 9.35. The number of amides is 2.